The summed E-state index contributed by atoms with van der Waals surface area (Å²) in [6.07, 6.45) is -8.24. The molecule has 0 aromatic heterocycles. The number of hydrogen-bond acceptors (Lipinski definition) is 0. The van der Waals surface area contributed by atoms with Crippen LogP contribution in [0.3, 0.4) is 0 Å². The van der Waals surface area contributed by atoms with Gasteiger partial charge in [-0.15, -0.1) is 0 Å². The maximum absolute atomic E-state index is 13.3. The lowest BCUT2D eigenvalue weighted by atomic mass is 9.94. The van der Waals surface area contributed by atoms with Gasteiger partial charge < -0.3 is 0 Å². The normalized spacial score (nSPS) is 14.9. The predicted molar refractivity (Wildman–Crippen MR) is 63.4 cm³/mol. The van der Waals surface area contributed by atoms with Gasteiger partial charge in [0.25, 0.3) is 23.7 Å². The summed E-state index contributed by atoms with van der Waals surface area (Å²) in [6, 6.07) is 0. The molecule has 0 fully saturated rings. The zero-order valence-electron chi connectivity index (χ0n) is 12.1. The molecule has 0 aliphatic rings. The van der Waals surface area contributed by atoms with Gasteiger partial charge in [0.05, 0.1) is 19.3 Å². The zero-order chi connectivity index (χ0) is 17.1. The fourth-order valence-corrected chi connectivity index (χ4v) is 2.05. The first-order valence-electron chi connectivity index (χ1n) is 6.61. The van der Waals surface area contributed by atoms with Crippen molar-refractivity contribution in [1.82, 2.24) is 0 Å². The molecule has 0 saturated heterocycles. The van der Waals surface area contributed by atoms with Gasteiger partial charge in [0, 0.05) is 12.8 Å². The average molecular weight is 328 g/mol. The second-order valence-corrected chi connectivity index (χ2v) is 5.91. The molecule has 0 bridgehead atoms. The summed E-state index contributed by atoms with van der Waals surface area (Å²) in [7, 11) is 0. The van der Waals surface area contributed by atoms with Gasteiger partial charge in [-0.1, -0.05) is 20.8 Å². The third-order valence-corrected chi connectivity index (χ3v) is 2.78. The van der Waals surface area contributed by atoms with Crippen molar-refractivity contribution in [3.63, 3.8) is 0 Å². The summed E-state index contributed by atoms with van der Waals surface area (Å²) < 4.78 is 105. The summed E-state index contributed by atoms with van der Waals surface area (Å²) in [5.74, 6) is -17.0. The largest absolute Gasteiger partial charge is 0.259 e. The lowest BCUT2D eigenvalue weighted by molar-refractivity contribution is -0.181. The highest BCUT2D eigenvalue weighted by atomic mass is 19.3. The van der Waals surface area contributed by atoms with E-state index in [1.807, 2.05) is 0 Å². The molecular formula is C13H20F8. The van der Waals surface area contributed by atoms with Gasteiger partial charge in [-0.3, -0.25) is 0 Å². The van der Waals surface area contributed by atoms with Crippen LogP contribution in [0.4, 0.5) is 35.1 Å². The average Bonchev–Trinajstić information content (AvgIpc) is 2.08. The van der Waals surface area contributed by atoms with Crippen molar-refractivity contribution < 1.29 is 35.1 Å². The molecule has 0 unspecified atom stereocenters. The van der Waals surface area contributed by atoms with Crippen LogP contribution in [-0.4, -0.2) is 23.7 Å². The molecule has 8 heteroatoms. The SMILES string of the molecule is CCC(F)(F)CC(F)(F)CC(F)(F)CC(F)(F)CC(C)C. The molecule has 0 heterocycles. The fourth-order valence-electron chi connectivity index (χ4n) is 2.05. The lowest BCUT2D eigenvalue weighted by Crippen LogP contribution is -2.38. The summed E-state index contributed by atoms with van der Waals surface area (Å²) >= 11 is 0. The van der Waals surface area contributed by atoms with Crippen LogP contribution in [0.15, 0.2) is 0 Å². The lowest BCUT2D eigenvalue weighted by Gasteiger charge is -2.29. The van der Waals surface area contributed by atoms with Crippen molar-refractivity contribution in [2.45, 2.75) is 76.6 Å². The quantitative estimate of drug-likeness (QED) is 0.445. The molecule has 0 N–H and O–H groups in total. The second kappa shape index (κ2) is 6.69. The predicted octanol–water partition coefficient (Wildman–Crippen LogP) is 6.15. The minimum atomic E-state index is -4.41. The fraction of sp³-hybridized carbons (Fsp3) is 1.00. The third kappa shape index (κ3) is 9.14. The van der Waals surface area contributed by atoms with Crippen LogP contribution in [0.25, 0.3) is 0 Å². The summed E-state index contributed by atoms with van der Waals surface area (Å²) in [5.41, 5.74) is 0. The van der Waals surface area contributed by atoms with Gasteiger partial charge in [0.15, 0.2) is 0 Å². The molecule has 128 valence electrons. The van der Waals surface area contributed by atoms with Gasteiger partial charge in [-0.05, 0) is 5.92 Å². The number of hydrogen-bond donors (Lipinski definition) is 0. The molecule has 0 aromatic rings. The van der Waals surface area contributed by atoms with Crippen LogP contribution in [0.2, 0.25) is 0 Å². The first-order valence-corrected chi connectivity index (χ1v) is 6.61. The Morgan fingerprint density at radius 3 is 1.29 bits per heavy atom. The van der Waals surface area contributed by atoms with Gasteiger partial charge in [0.2, 0.25) is 0 Å². The molecule has 0 aliphatic heterocycles. The Morgan fingerprint density at radius 1 is 0.619 bits per heavy atom. The van der Waals surface area contributed by atoms with E-state index < -0.39 is 61.7 Å². The molecule has 0 rings (SSSR count). The molecule has 0 aromatic carbocycles. The number of halogens is 8. The van der Waals surface area contributed by atoms with Crippen LogP contribution in [0.5, 0.6) is 0 Å². The smallest absolute Gasteiger partial charge is 0.207 e. The van der Waals surface area contributed by atoms with Crippen LogP contribution in [-0.2, 0) is 0 Å². The van der Waals surface area contributed by atoms with E-state index in [1.54, 1.807) is 0 Å². The van der Waals surface area contributed by atoms with E-state index in [0.29, 0.717) is 0 Å². The Bertz CT molecular complexity index is 322. The van der Waals surface area contributed by atoms with Crippen molar-refractivity contribution in [1.29, 1.82) is 0 Å². The molecule has 21 heavy (non-hydrogen) atoms. The maximum atomic E-state index is 13.3. The monoisotopic (exact) mass is 328 g/mol. The Morgan fingerprint density at radius 2 is 0.952 bits per heavy atom. The van der Waals surface area contributed by atoms with Crippen molar-refractivity contribution in [2.24, 2.45) is 5.92 Å². The molecule has 0 aliphatic carbocycles. The van der Waals surface area contributed by atoms with Gasteiger partial charge in [0.1, 0.15) is 0 Å². The van der Waals surface area contributed by atoms with Gasteiger partial charge >= 0.3 is 0 Å². The van der Waals surface area contributed by atoms with E-state index in [9.17, 15) is 35.1 Å². The van der Waals surface area contributed by atoms with Gasteiger partial charge in [-0.25, -0.2) is 35.1 Å². The van der Waals surface area contributed by atoms with Crippen molar-refractivity contribution >= 4 is 0 Å². The van der Waals surface area contributed by atoms with Crippen LogP contribution < -0.4 is 0 Å². The van der Waals surface area contributed by atoms with Crippen LogP contribution >= 0.6 is 0 Å². The molecule has 0 amide bonds. The molecule has 0 spiro atoms. The first kappa shape index (κ1) is 20.4. The van der Waals surface area contributed by atoms with Crippen molar-refractivity contribution in [3.8, 4) is 0 Å². The Balaban J connectivity index is 4.79. The first-order chi connectivity index (χ1) is 9.10. The minimum Gasteiger partial charge on any atom is -0.207 e. The maximum Gasteiger partial charge on any atom is 0.259 e. The van der Waals surface area contributed by atoms with Crippen molar-refractivity contribution in [2.75, 3.05) is 0 Å². The highest BCUT2D eigenvalue weighted by Crippen LogP contribution is 2.44. The molecule has 0 radical (unpaired) electrons. The van der Waals surface area contributed by atoms with Crippen molar-refractivity contribution in [3.05, 3.63) is 0 Å². The van der Waals surface area contributed by atoms with E-state index in [0.717, 1.165) is 6.92 Å². The zero-order valence-corrected chi connectivity index (χ0v) is 12.1. The van der Waals surface area contributed by atoms with Gasteiger partial charge in [-0.2, -0.15) is 0 Å². The molecule has 0 saturated carbocycles. The number of alkyl halides is 8. The summed E-state index contributed by atoms with van der Waals surface area (Å²) in [5, 5.41) is 0. The Labute approximate surface area is 118 Å². The Kier molecular flexibility index (Phi) is 6.51. The highest BCUT2D eigenvalue weighted by Gasteiger charge is 2.52. The standard InChI is InChI=1S/C13H20F8/c1-4-10(14,15)6-12(18,19)8-13(20,21)7-11(16,17)5-9(2)3/h9H,4-8H2,1-3H3. The Hall–Kier alpha value is -0.560. The van der Waals surface area contributed by atoms with E-state index in [-0.39, 0.29) is 0 Å². The summed E-state index contributed by atoms with van der Waals surface area (Å²) in [6.45, 7) is 3.69. The molecule has 0 nitrogen and oxygen atoms in total. The van der Waals surface area contributed by atoms with Crippen LogP contribution in [0, 0.1) is 5.92 Å². The topological polar surface area (TPSA) is 0 Å². The highest BCUT2D eigenvalue weighted by molar-refractivity contribution is 4.86. The van der Waals surface area contributed by atoms with Crippen LogP contribution in [0.1, 0.15) is 52.9 Å². The third-order valence-electron chi connectivity index (χ3n) is 2.78. The number of rotatable bonds is 9. The second-order valence-electron chi connectivity index (χ2n) is 5.91. The van der Waals surface area contributed by atoms with E-state index >= 15 is 0 Å². The van der Waals surface area contributed by atoms with E-state index in [1.165, 1.54) is 13.8 Å². The summed E-state index contributed by atoms with van der Waals surface area (Å²) in [4.78, 5) is 0. The molecule has 0 atom stereocenters. The molecular weight excluding hydrogens is 308 g/mol. The van der Waals surface area contributed by atoms with E-state index in [4.69, 9.17) is 0 Å². The van der Waals surface area contributed by atoms with E-state index in [2.05, 4.69) is 0 Å². The minimum absolute atomic E-state index is 0.597.